The van der Waals surface area contributed by atoms with Crippen molar-refractivity contribution in [1.82, 2.24) is 10.2 Å². The van der Waals surface area contributed by atoms with Gasteiger partial charge < -0.3 is 19.9 Å². The first-order valence-corrected chi connectivity index (χ1v) is 9.80. The second kappa shape index (κ2) is 9.11. The number of rotatable bonds is 5. The highest BCUT2D eigenvalue weighted by Crippen LogP contribution is 2.21. The molecule has 0 saturated carbocycles. The lowest BCUT2D eigenvalue weighted by molar-refractivity contribution is 0.0462. The number of carbonyl (C=O) groups excluding carboxylic acids is 2. The average Bonchev–Trinajstić information content (AvgIpc) is 2.64. The summed E-state index contributed by atoms with van der Waals surface area (Å²) in [5.74, 6) is 0.0244. The third-order valence-corrected chi connectivity index (χ3v) is 4.80. The minimum absolute atomic E-state index is 0.00300. The van der Waals surface area contributed by atoms with Crippen LogP contribution in [0.4, 0.5) is 10.5 Å². The van der Waals surface area contributed by atoms with Crippen molar-refractivity contribution < 1.29 is 14.3 Å². The second-order valence-corrected chi connectivity index (χ2v) is 8.09. The number of anilines is 1. The van der Waals surface area contributed by atoms with Gasteiger partial charge in [-0.3, -0.25) is 4.79 Å². The van der Waals surface area contributed by atoms with Gasteiger partial charge in [0.2, 0.25) is 0 Å². The van der Waals surface area contributed by atoms with Crippen LogP contribution >= 0.6 is 0 Å². The molecule has 1 unspecified atom stereocenters. The zero-order valence-electron chi connectivity index (χ0n) is 17.2. The molecule has 150 valence electrons. The van der Waals surface area contributed by atoms with Gasteiger partial charge in [-0.05, 0) is 71.2 Å². The summed E-state index contributed by atoms with van der Waals surface area (Å²) in [6.07, 6.45) is 2.50. The Morgan fingerprint density at radius 1 is 1.22 bits per heavy atom. The number of nitrogens with one attached hydrogen (secondary N) is 1. The van der Waals surface area contributed by atoms with Gasteiger partial charge in [0.05, 0.1) is 0 Å². The maximum atomic E-state index is 13.0. The van der Waals surface area contributed by atoms with Crippen LogP contribution in [-0.2, 0) is 4.74 Å². The van der Waals surface area contributed by atoms with E-state index in [1.165, 1.54) is 0 Å². The fraction of sp³-hybridized carbons (Fsp3) is 0.619. The van der Waals surface area contributed by atoms with Crippen molar-refractivity contribution in [3.05, 3.63) is 29.8 Å². The summed E-state index contributed by atoms with van der Waals surface area (Å²) in [5, 5.41) is 2.82. The SMILES string of the molecule is CCN(C)c1ccc(C(=O)N2CCCCC2CNC(=O)OC(C)(C)C)cc1. The highest BCUT2D eigenvalue weighted by molar-refractivity contribution is 5.95. The summed E-state index contributed by atoms with van der Waals surface area (Å²) in [4.78, 5) is 29.0. The maximum Gasteiger partial charge on any atom is 0.407 e. The van der Waals surface area contributed by atoms with E-state index in [-0.39, 0.29) is 11.9 Å². The zero-order valence-corrected chi connectivity index (χ0v) is 17.2. The minimum Gasteiger partial charge on any atom is -0.444 e. The summed E-state index contributed by atoms with van der Waals surface area (Å²) >= 11 is 0. The minimum atomic E-state index is -0.528. The topological polar surface area (TPSA) is 61.9 Å². The Hall–Kier alpha value is -2.24. The van der Waals surface area contributed by atoms with Crippen LogP contribution in [0.3, 0.4) is 0 Å². The van der Waals surface area contributed by atoms with Gasteiger partial charge in [0.15, 0.2) is 0 Å². The number of nitrogens with zero attached hydrogens (tertiary/aromatic N) is 2. The zero-order chi connectivity index (χ0) is 20.0. The summed E-state index contributed by atoms with van der Waals surface area (Å²) < 4.78 is 5.30. The molecule has 1 atom stereocenters. The number of amides is 2. The van der Waals surface area contributed by atoms with E-state index < -0.39 is 11.7 Å². The molecule has 1 aliphatic rings. The molecular formula is C21H33N3O3. The number of alkyl carbamates (subject to hydrolysis) is 1. The fourth-order valence-corrected chi connectivity index (χ4v) is 3.20. The van der Waals surface area contributed by atoms with Crippen LogP contribution in [0.1, 0.15) is 57.3 Å². The quantitative estimate of drug-likeness (QED) is 0.853. The van der Waals surface area contributed by atoms with E-state index in [2.05, 4.69) is 17.1 Å². The van der Waals surface area contributed by atoms with Crippen LogP contribution in [0.15, 0.2) is 24.3 Å². The lowest BCUT2D eigenvalue weighted by Crippen LogP contribution is -2.50. The Morgan fingerprint density at radius 2 is 1.89 bits per heavy atom. The molecule has 0 spiro atoms. The van der Waals surface area contributed by atoms with Crippen LogP contribution in [0.2, 0.25) is 0 Å². The molecule has 6 heteroatoms. The molecule has 0 aliphatic carbocycles. The normalized spacial score (nSPS) is 17.4. The third kappa shape index (κ3) is 6.15. The Kier molecular flexibility index (Phi) is 7.11. The van der Waals surface area contributed by atoms with Gasteiger partial charge in [-0.1, -0.05) is 0 Å². The standard InChI is InChI=1S/C21H33N3O3/c1-6-23(5)17-12-10-16(11-13-17)19(25)24-14-8-7-9-18(24)15-22-20(26)27-21(2,3)4/h10-13,18H,6-9,14-15H2,1-5H3,(H,22,26). The first-order valence-electron chi connectivity index (χ1n) is 9.80. The number of hydrogen-bond acceptors (Lipinski definition) is 4. The van der Waals surface area contributed by atoms with E-state index >= 15 is 0 Å². The van der Waals surface area contributed by atoms with E-state index in [4.69, 9.17) is 4.74 Å². The van der Waals surface area contributed by atoms with Crippen molar-refractivity contribution in [2.45, 2.75) is 58.6 Å². The van der Waals surface area contributed by atoms with Gasteiger partial charge in [0.25, 0.3) is 5.91 Å². The molecule has 1 heterocycles. The summed E-state index contributed by atoms with van der Waals surface area (Å²) in [6.45, 7) is 9.65. The van der Waals surface area contributed by atoms with Crippen molar-refractivity contribution in [3.63, 3.8) is 0 Å². The van der Waals surface area contributed by atoms with Gasteiger partial charge in [-0.15, -0.1) is 0 Å². The van der Waals surface area contributed by atoms with E-state index in [0.29, 0.717) is 12.1 Å². The molecule has 1 N–H and O–H groups in total. The highest BCUT2D eigenvalue weighted by atomic mass is 16.6. The number of carbonyl (C=O) groups is 2. The molecule has 2 rings (SSSR count). The first-order chi connectivity index (χ1) is 12.7. The Morgan fingerprint density at radius 3 is 2.48 bits per heavy atom. The van der Waals surface area contributed by atoms with Crippen molar-refractivity contribution in [1.29, 1.82) is 0 Å². The molecule has 1 fully saturated rings. The monoisotopic (exact) mass is 375 g/mol. The number of benzene rings is 1. The van der Waals surface area contributed by atoms with Gasteiger partial charge in [0, 0.05) is 44.0 Å². The molecule has 6 nitrogen and oxygen atoms in total. The smallest absolute Gasteiger partial charge is 0.407 e. The number of hydrogen-bond donors (Lipinski definition) is 1. The fourth-order valence-electron chi connectivity index (χ4n) is 3.20. The van der Waals surface area contributed by atoms with Gasteiger partial charge in [-0.2, -0.15) is 0 Å². The van der Waals surface area contributed by atoms with Gasteiger partial charge >= 0.3 is 6.09 Å². The Balaban J connectivity index is 2.01. The van der Waals surface area contributed by atoms with Crippen LogP contribution < -0.4 is 10.2 Å². The molecule has 27 heavy (non-hydrogen) atoms. The molecular weight excluding hydrogens is 342 g/mol. The van der Waals surface area contributed by atoms with Crippen molar-refractivity contribution >= 4 is 17.7 Å². The lowest BCUT2D eigenvalue weighted by atomic mass is 10.0. The average molecular weight is 376 g/mol. The van der Waals surface area contributed by atoms with E-state index in [1.807, 2.05) is 57.0 Å². The van der Waals surface area contributed by atoms with Crippen LogP contribution in [-0.4, -0.2) is 55.2 Å². The molecule has 0 radical (unpaired) electrons. The van der Waals surface area contributed by atoms with Crippen molar-refractivity contribution in [2.24, 2.45) is 0 Å². The third-order valence-electron chi connectivity index (χ3n) is 4.80. The van der Waals surface area contributed by atoms with E-state index in [0.717, 1.165) is 38.0 Å². The summed E-state index contributed by atoms with van der Waals surface area (Å²) in [7, 11) is 2.03. The van der Waals surface area contributed by atoms with Gasteiger partial charge in [-0.25, -0.2) is 4.79 Å². The van der Waals surface area contributed by atoms with Crippen LogP contribution in [0, 0.1) is 0 Å². The Labute approximate surface area is 162 Å². The number of piperidine rings is 1. The van der Waals surface area contributed by atoms with E-state index in [1.54, 1.807) is 0 Å². The van der Waals surface area contributed by atoms with Gasteiger partial charge in [0.1, 0.15) is 5.60 Å². The second-order valence-electron chi connectivity index (χ2n) is 8.09. The highest BCUT2D eigenvalue weighted by Gasteiger charge is 2.28. The predicted octanol–water partition coefficient (Wildman–Crippen LogP) is 3.66. The lowest BCUT2D eigenvalue weighted by Gasteiger charge is -2.36. The molecule has 1 aromatic rings. The van der Waals surface area contributed by atoms with Crippen LogP contribution in [0.25, 0.3) is 0 Å². The summed E-state index contributed by atoms with van der Waals surface area (Å²) in [5.41, 5.74) is 1.25. The van der Waals surface area contributed by atoms with Crippen molar-refractivity contribution in [3.8, 4) is 0 Å². The van der Waals surface area contributed by atoms with Crippen molar-refractivity contribution in [2.75, 3.05) is 31.6 Å². The molecule has 1 saturated heterocycles. The number of ether oxygens (including phenoxy) is 1. The molecule has 1 aliphatic heterocycles. The Bertz CT molecular complexity index is 637. The molecule has 2 amide bonds. The van der Waals surface area contributed by atoms with E-state index in [9.17, 15) is 9.59 Å². The molecule has 0 aromatic heterocycles. The summed E-state index contributed by atoms with van der Waals surface area (Å²) in [6, 6.07) is 7.73. The first kappa shape index (κ1) is 21.1. The van der Waals surface area contributed by atoms with Crippen LogP contribution in [0.5, 0.6) is 0 Å². The largest absolute Gasteiger partial charge is 0.444 e. The predicted molar refractivity (Wildman–Crippen MR) is 108 cm³/mol. The molecule has 0 bridgehead atoms. The maximum absolute atomic E-state index is 13.0. The number of likely N-dealkylation sites (tertiary alicyclic amines) is 1. The molecule has 1 aromatic carbocycles.